The van der Waals surface area contributed by atoms with Crippen LogP contribution in [-0.4, -0.2) is 11.6 Å². The third-order valence-corrected chi connectivity index (χ3v) is 4.30. The van der Waals surface area contributed by atoms with E-state index >= 15 is 0 Å². The summed E-state index contributed by atoms with van der Waals surface area (Å²) in [6.45, 7) is 2.89. The minimum atomic E-state index is -4.21. The van der Waals surface area contributed by atoms with E-state index in [0.717, 1.165) is 24.4 Å². The Hall–Kier alpha value is -0.680. The Bertz CT molecular complexity index is 412. The van der Waals surface area contributed by atoms with Crippen LogP contribution in [0.4, 0.5) is 13.2 Å². The number of nitrogens with one attached hydrogen (secondary N) is 1. The van der Waals surface area contributed by atoms with E-state index in [-0.39, 0.29) is 16.7 Å². The summed E-state index contributed by atoms with van der Waals surface area (Å²) in [5, 5.41) is 3.50. The van der Waals surface area contributed by atoms with Crippen LogP contribution >= 0.6 is 11.8 Å². The van der Waals surface area contributed by atoms with Gasteiger partial charge in [0.05, 0.1) is 0 Å². The lowest BCUT2D eigenvalue weighted by Crippen LogP contribution is -2.28. The number of thioether (sulfide) groups is 1. The molecule has 0 radical (unpaired) electrons. The maximum Gasteiger partial charge on any atom is 0.446 e. The minimum absolute atomic E-state index is 0.0654. The van der Waals surface area contributed by atoms with Crippen molar-refractivity contribution in [3.63, 3.8) is 0 Å². The van der Waals surface area contributed by atoms with E-state index in [9.17, 15) is 13.2 Å². The third-order valence-electron chi connectivity index (χ3n) is 3.56. The molecule has 0 spiro atoms. The van der Waals surface area contributed by atoms with Crippen molar-refractivity contribution in [3.05, 3.63) is 29.8 Å². The fourth-order valence-corrected chi connectivity index (χ4v) is 2.76. The summed E-state index contributed by atoms with van der Waals surface area (Å²) in [5.41, 5.74) is -3.18. The molecule has 5 heteroatoms. The summed E-state index contributed by atoms with van der Waals surface area (Å²) in [6.07, 6.45) is 5.01. The molecule has 1 saturated carbocycles. The monoisotopic (exact) mass is 303 g/mol. The Morgan fingerprint density at radius 3 is 2.40 bits per heavy atom. The fourth-order valence-electron chi connectivity index (χ4n) is 2.22. The predicted molar refractivity (Wildman–Crippen MR) is 76.6 cm³/mol. The first kappa shape index (κ1) is 15.7. The molecule has 0 bridgehead atoms. The zero-order valence-corrected chi connectivity index (χ0v) is 12.4. The number of halogens is 3. The molecule has 1 aliphatic rings. The Morgan fingerprint density at radius 2 is 1.90 bits per heavy atom. The van der Waals surface area contributed by atoms with Crippen molar-refractivity contribution in [1.29, 1.82) is 0 Å². The van der Waals surface area contributed by atoms with Crippen LogP contribution in [0.15, 0.2) is 29.2 Å². The number of rotatable bonds is 7. The molecular formula is C15H20F3NS. The molecule has 0 aliphatic heterocycles. The molecule has 1 aliphatic carbocycles. The predicted octanol–water partition coefficient (Wildman–Crippen LogP) is 4.97. The van der Waals surface area contributed by atoms with Crippen LogP contribution < -0.4 is 5.32 Å². The summed E-state index contributed by atoms with van der Waals surface area (Å²) in [4.78, 5) is 0.242. The zero-order chi connectivity index (χ0) is 14.6. The van der Waals surface area contributed by atoms with Gasteiger partial charge in [0, 0.05) is 17.5 Å². The van der Waals surface area contributed by atoms with Gasteiger partial charge in [-0.15, -0.1) is 0 Å². The molecular weight excluding hydrogens is 283 g/mol. The van der Waals surface area contributed by atoms with Crippen molar-refractivity contribution in [3.8, 4) is 0 Å². The average molecular weight is 303 g/mol. The highest BCUT2D eigenvalue weighted by atomic mass is 32.2. The Morgan fingerprint density at radius 1 is 1.25 bits per heavy atom. The van der Waals surface area contributed by atoms with Crippen LogP contribution in [-0.2, 0) is 6.54 Å². The lowest BCUT2D eigenvalue weighted by Gasteiger charge is -2.16. The van der Waals surface area contributed by atoms with Gasteiger partial charge in [0.15, 0.2) is 0 Å². The van der Waals surface area contributed by atoms with E-state index in [1.807, 2.05) is 0 Å². The smallest absolute Gasteiger partial charge is 0.310 e. The SMILES string of the molecule is CCC(CC1CC1)NCc1ccc(SC(F)(F)F)cc1. The molecule has 1 aromatic carbocycles. The van der Waals surface area contributed by atoms with Gasteiger partial charge in [-0.05, 0) is 48.2 Å². The number of hydrogen-bond donors (Lipinski definition) is 1. The van der Waals surface area contributed by atoms with Gasteiger partial charge in [-0.2, -0.15) is 13.2 Å². The first-order valence-corrected chi connectivity index (χ1v) is 7.86. The highest BCUT2D eigenvalue weighted by Crippen LogP contribution is 2.36. The van der Waals surface area contributed by atoms with Gasteiger partial charge in [-0.3, -0.25) is 0 Å². The normalized spacial score (nSPS) is 17.2. The van der Waals surface area contributed by atoms with Crippen LogP contribution in [0.2, 0.25) is 0 Å². The van der Waals surface area contributed by atoms with E-state index in [2.05, 4.69) is 12.2 Å². The quantitative estimate of drug-likeness (QED) is 0.714. The van der Waals surface area contributed by atoms with E-state index in [4.69, 9.17) is 0 Å². The fraction of sp³-hybridized carbons (Fsp3) is 0.600. The first-order valence-electron chi connectivity index (χ1n) is 7.04. The molecule has 1 atom stereocenters. The largest absolute Gasteiger partial charge is 0.446 e. The maximum absolute atomic E-state index is 12.2. The molecule has 1 nitrogen and oxygen atoms in total. The molecule has 20 heavy (non-hydrogen) atoms. The summed E-state index contributed by atoms with van der Waals surface area (Å²) in [7, 11) is 0. The van der Waals surface area contributed by atoms with Crippen molar-refractivity contribution < 1.29 is 13.2 Å². The van der Waals surface area contributed by atoms with Crippen molar-refractivity contribution in [2.75, 3.05) is 0 Å². The summed E-state index contributed by atoms with van der Waals surface area (Å²) < 4.78 is 36.7. The first-order chi connectivity index (χ1) is 9.46. The standard InChI is InChI=1S/C15H20F3NS/c1-2-13(9-11-3-4-11)19-10-12-5-7-14(8-6-12)20-15(16,17)18/h5-8,11,13,19H,2-4,9-10H2,1H3. The summed E-state index contributed by atoms with van der Waals surface area (Å²) in [5.74, 6) is 0.887. The molecule has 112 valence electrons. The van der Waals surface area contributed by atoms with Crippen LogP contribution in [0.1, 0.15) is 38.2 Å². The van der Waals surface area contributed by atoms with Crippen LogP contribution in [0.5, 0.6) is 0 Å². The molecule has 0 aromatic heterocycles. The van der Waals surface area contributed by atoms with Gasteiger partial charge in [-0.25, -0.2) is 0 Å². The minimum Gasteiger partial charge on any atom is -0.310 e. The number of hydrogen-bond acceptors (Lipinski definition) is 2. The van der Waals surface area contributed by atoms with Gasteiger partial charge >= 0.3 is 5.51 Å². The Balaban J connectivity index is 1.80. The van der Waals surface area contributed by atoms with Gasteiger partial charge in [0.25, 0.3) is 0 Å². The number of benzene rings is 1. The second-order valence-corrected chi connectivity index (χ2v) is 6.50. The van der Waals surface area contributed by atoms with E-state index in [1.165, 1.54) is 31.4 Å². The van der Waals surface area contributed by atoms with Gasteiger partial charge in [0.1, 0.15) is 0 Å². The zero-order valence-electron chi connectivity index (χ0n) is 11.5. The van der Waals surface area contributed by atoms with Gasteiger partial charge in [-0.1, -0.05) is 31.9 Å². The van der Waals surface area contributed by atoms with Gasteiger partial charge in [0.2, 0.25) is 0 Å². The lowest BCUT2D eigenvalue weighted by atomic mass is 10.1. The van der Waals surface area contributed by atoms with Crippen molar-refractivity contribution in [2.45, 2.75) is 55.6 Å². The Kier molecular flexibility index (Phi) is 5.38. The molecule has 1 unspecified atom stereocenters. The lowest BCUT2D eigenvalue weighted by molar-refractivity contribution is -0.0328. The van der Waals surface area contributed by atoms with Crippen molar-refractivity contribution in [1.82, 2.24) is 5.32 Å². The molecule has 1 N–H and O–H groups in total. The Labute approximate surface area is 122 Å². The van der Waals surface area contributed by atoms with Crippen LogP contribution in [0.25, 0.3) is 0 Å². The second kappa shape index (κ2) is 6.85. The van der Waals surface area contributed by atoms with E-state index in [1.54, 1.807) is 12.1 Å². The number of alkyl halides is 3. The molecule has 0 heterocycles. The second-order valence-electron chi connectivity index (χ2n) is 5.36. The molecule has 1 aromatic rings. The van der Waals surface area contributed by atoms with Gasteiger partial charge < -0.3 is 5.32 Å². The van der Waals surface area contributed by atoms with E-state index in [0.29, 0.717) is 6.04 Å². The van der Waals surface area contributed by atoms with Crippen LogP contribution in [0, 0.1) is 5.92 Å². The maximum atomic E-state index is 12.2. The average Bonchev–Trinajstić information content (AvgIpc) is 3.18. The highest BCUT2D eigenvalue weighted by molar-refractivity contribution is 8.00. The molecule has 0 saturated heterocycles. The highest BCUT2D eigenvalue weighted by Gasteiger charge is 2.29. The molecule has 1 fully saturated rings. The molecule has 0 amide bonds. The molecule has 2 rings (SSSR count). The van der Waals surface area contributed by atoms with Crippen molar-refractivity contribution >= 4 is 11.8 Å². The van der Waals surface area contributed by atoms with Crippen molar-refractivity contribution in [2.24, 2.45) is 5.92 Å². The third kappa shape index (κ3) is 5.75. The van der Waals surface area contributed by atoms with E-state index < -0.39 is 5.51 Å². The topological polar surface area (TPSA) is 12.0 Å². The van der Waals surface area contributed by atoms with Crippen LogP contribution in [0.3, 0.4) is 0 Å². The summed E-state index contributed by atoms with van der Waals surface area (Å²) in [6, 6.07) is 7.14. The summed E-state index contributed by atoms with van der Waals surface area (Å²) >= 11 is -0.0654.